The lowest BCUT2D eigenvalue weighted by Gasteiger charge is -2.27. The summed E-state index contributed by atoms with van der Waals surface area (Å²) in [5.41, 5.74) is 11.5. The van der Waals surface area contributed by atoms with Gasteiger partial charge in [0.25, 0.3) is 5.56 Å². The van der Waals surface area contributed by atoms with Crippen LogP contribution in [0.25, 0.3) is 22.2 Å². The SMILES string of the molecule is Nc1nc2c(nnn2[C@@H]2S[C@@H]3COP(O)(=S)O[C@H]4[C@H](F)[C@H](n5ccc6c(N)ccnc65)O[C@@H]4COP(O)(=S)O[C@@H]2[C@@H]3F)c(=O)[nH]1. The van der Waals surface area contributed by atoms with Gasteiger partial charge in [-0.05, 0) is 35.7 Å². The van der Waals surface area contributed by atoms with Gasteiger partial charge in [0.1, 0.15) is 35.5 Å². The number of aromatic amines is 1. The Morgan fingerprint density at radius 2 is 1.80 bits per heavy atom. The molecule has 2 unspecified atom stereocenters. The molecule has 0 saturated carbocycles. The summed E-state index contributed by atoms with van der Waals surface area (Å²) in [6.45, 7) is -9.66. The van der Waals surface area contributed by atoms with Crippen molar-refractivity contribution in [3.63, 3.8) is 0 Å². The number of nitrogen functional groups attached to an aromatic ring is 2. The number of thioether (sulfide) groups is 1. The molecule has 4 aromatic heterocycles. The standard InChI is InChI=1S/C21H23F2N9O8P2S3/c22-11-10-6-37-42(35,44)39-14-9(38-19(12(14)23)31-4-2-7-8(24)1-3-26-16(7)31)5-36-41(34,43)40-15(11)20(45-10)32-17-13(29-30-32)18(33)28-21(25)27-17/h1-4,9-12,14-15,19-20H,5-6H2,(H2,24,26)(H,34,43)(H,35,44)(H3,25,27,28,33)/t9-,10-,11-,12+,14-,15-,19-,20-,41?,42?/m1/s1. The van der Waals surface area contributed by atoms with E-state index in [1.807, 2.05) is 0 Å². The van der Waals surface area contributed by atoms with Crippen molar-refractivity contribution >= 4 is 82.6 Å². The van der Waals surface area contributed by atoms with Crippen molar-refractivity contribution in [3.05, 3.63) is 34.9 Å². The number of fused-ring (bicyclic) bond motifs is 5. The van der Waals surface area contributed by atoms with Crippen molar-refractivity contribution in [3.8, 4) is 0 Å². The van der Waals surface area contributed by atoms with E-state index in [1.54, 1.807) is 12.1 Å². The number of anilines is 2. The molecular weight excluding hydrogens is 702 g/mol. The summed E-state index contributed by atoms with van der Waals surface area (Å²) >= 11 is 11.3. The van der Waals surface area contributed by atoms with E-state index in [2.05, 4.69) is 25.3 Å². The van der Waals surface area contributed by atoms with E-state index in [0.717, 1.165) is 16.4 Å². The third-order valence-electron chi connectivity index (χ3n) is 7.36. The van der Waals surface area contributed by atoms with Crippen LogP contribution in [-0.4, -0.2) is 93.4 Å². The highest BCUT2D eigenvalue weighted by atomic mass is 32.5. The number of hydrogen-bond donors (Lipinski definition) is 5. The zero-order valence-electron chi connectivity index (χ0n) is 22.4. The second-order valence-electron chi connectivity index (χ2n) is 10.2. The molecule has 0 aromatic carbocycles. The first-order chi connectivity index (χ1) is 21.3. The number of nitrogens with one attached hydrogen (secondary N) is 1. The molecule has 7 rings (SSSR count). The molecule has 3 aliphatic rings. The maximum Gasteiger partial charge on any atom is 0.325 e. The molecule has 24 heteroatoms. The number of hydrogen-bond acceptors (Lipinski definition) is 15. The minimum absolute atomic E-state index is 0.0870. The largest absolute Gasteiger partial charge is 0.398 e. The zero-order valence-corrected chi connectivity index (χ0v) is 26.6. The van der Waals surface area contributed by atoms with Gasteiger partial charge < -0.3 is 39.6 Å². The quantitative estimate of drug-likeness (QED) is 0.183. The van der Waals surface area contributed by atoms with Crippen LogP contribution in [0, 0.1) is 0 Å². The van der Waals surface area contributed by atoms with Gasteiger partial charge in [-0.3, -0.25) is 18.8 Å². The number of H-pyrrole nitrogens is 1. The number of alkyl halides is 2. The normalized spacial score (nSPS) is 37.7. The highest BCUT2D eigenvalue weighted by Crippen LogP contribution is 2.57. The van der Waals surface area contributed by atoms with Crippen molar-refractivity contribution < 1.29 is 41.4 Å². The Bertz CT molecular complexity index is 1950. The van der Waals surface area contributed by atoms with Crippen LogP contribution in [0.5, 0.6) is 0 Å². The van der Waals surface area contributed by atoms with E-state index in [4.69, 9.17) is 57.9 Å². The Hall–Kier alpha value is -2.20. The Morgan fingerprint density at radius 1 is 1.07 bits per heavy atom. The molecule has 0 spiro atoms. The summed E-state index contributed by atoms with van der Waals surface area (Å²) in [5, 5.41) is 6.05. The van der Waals surface area contributed by atoms with E-state index >= 15 is 8.78 Å². The van der Waals surface area contributed by atoms with Crippen LogP contribution in [0.1, 0.15) is 11.6 Å². The van der Waals surface area contributed by atoms with Crippen molar-refractivity contribution in [2.45, 2.75) is 47.5 Å². The van der Waals surface area contributed by atoms with E-state index < -0.39 is 79.7 Å². The fraction of sp³-hybridized carbons (Fsp3) is 0.476. The van der Waals surface area contributed by atoms with Crippen LogP contribution in [-0.2, 0) is 46.4 Å². The average molecular weight is 726 g/mol. The topological polar surface area (TPSA) is 233 Å². The molecule has 0 amide bonds. The first-order valence-corrected chi connectivity index (χ1v) is 19.2. The number of rotatable bonds is 2. The number of halogens is 2. The van der Waals surface area contributed by atoms with Crippen molar-refractivity contribution in [1.82, 2.24) is 34.5 Å². The van der Waals surface area contributed by atoms with Crippen LogP contribution >= 0.6 is 25.2 Å². The van der Waals surface area contributed by atoms with E-state index in [9.17, 15) is 14.6 Å². The average Bonchev–Trinajstić information content (AvgIpc) is 3.72. The highest BCUT2D eigenvalue weighted by Gasteiger charge is 2.53. The molecule has 10 atom stereocenters. The van der Waals surface area contributed by atoms with Crippen LogP contribution < -0.4 is 17.0 Å². The fourth-order valence-corrected chi connectivity index (χ4v) is 9.81. The van der Waals surface area contributed by atoms with Crippen LogP contribution in [0.2, 0.25) is 0 Å². The maximum absolute atomic E-state index is 16.1. The monoisotopic (exact) mass is 725 g/mol. The minimum atomic E-state index is -4.29. The summed E-state index contributed by atoms with van der Waals surface area (Å²) in [5.74, 6) is -0.244. The lowest BCUT2D eigenvalue weighted by molar-refractivity contribution is -0.0439. The lowest BCUT2D eigenvalue weighted by atomic mass is 10.1. The predicted octanol–water partition coefficient (Wildman–Crippen LogP) is 1.17. The molecule has 17 nitrogen and oxygen atoms in total. The van der Waals surface area contributed by atoms with Crippen molar-refractivity contribution in [2.75, 3.05) is 24.7 Å². The smallest absolute Gasteiger partial charge is 0.325 e. The van der Waals surface area contributed by atoms with E-state index in [1.165, 1.54) is 17.0 Å². The molecule has 3 aliphatic heterocycles. The van der Waals surface area contributed by atoms with Gasteiger partial charge in [0.2, 0.25) is 5.95 Å². The molecule has 0 aliphatic carbocycles. The summed E-state index contributed by atoms with van der Waals surface area (Å²) < 4.78 is 62.7. The Labute approximate surface area is 265 Å². The van der Waals surface area contributed by atoms with E-state index in [-0.39, 0.29) is 17.1 Å². The van der Waals surface area contributed by atoms with Crippen molar-refractivity contribution in [1.29, 1.82) is 0 Å². The van der Waals surface area contributed by atoms with Gasteiger partial charge in [-0.2, -0.15) is 4.98 Å². The van der Waals surface area contributed by atoms with Gasteiger partial charge in [-0.1, -0.05) is 5.21 Å². The highest BCUT2D eigenvalue weighted by molar-refractivity contribution is 8.07. The van der Waals surface area contributed by atoms with Gasteiger partial charge in [0.05, 0.1) is 18.5 Å². The number of pyridine rings is 1. The summed E-state index contributed by atoms with van der Waals surface area (Å²) in [4.78, 5) is 44.9. The third-order valence-corrected chi connectivity index (χ3v) is 12.0. The third kappa shape index (κ3) is 5.70. The van der Waals surface area contributed by atoms with Gasteiger partial charge in [-0.25, -0.2) is 18.4 Å². The van der Waals surface area contributed by atoms with Gasteiger partial charge in [0.15, 0.2) is 23.6 Å². The molecule has 45 heavy (non-hydrogen) atoms. The molecule has 7 N–H and O–H groups in total. The molecule has 3 fully saturated rings. The second-order valence-corrected chi connectivity index (χ2v) is 17.1. The second kappa shape index (κ2) is 11.5. The fourth-order valence-electron chi connectivity index (χ4n) is 5.33. The molecule has 242 valence electrons. The number of nitrogens with zero attached hydrogens (tertiary/aromatic N) is 6. The van der Waals surface area contributed by atoms with Gasteiger partial charge >= 0.3 is 13.4 Å². The Morgan fingerprint density at radius 3 is 2.58 bits per heavy atom. The number of ether oxygens (including phenoxy) is 1. The summed E-state index contributed by atoms with van der Waals surface area (Å²) in [7, 11) is 0. The predicted molar refractivity (Wildman–Crippen MR) is 163 cm³/mol. The minimum Gasteiger partial charge on any atom is -0.398 e. The summed E-state index contributed by atoms with van der Waals surface area (Å²) in [6.07, 6.45) is -6.64. The summed E-state index contributed by atoms with van der Waals surface area (Å²) in [6, 6.07) is 3.22. The zero-order chi connectivity index (χ0) is 31.8. The molecule has 4 aromatic rings. The first kappa shape index (κ1) is 31.4. The molecule has 7 heterocycles. The van der Waals surface area contributed by atoms with Crippen molar-refractivity contribution in [2.24, 2.45) is 0 Å². The van der Waals surface area contributed by atoms with Crippen LogP contribution in [0.3, 0.4) is 0 Å². The van der Waals surface area contributed by atoms with Crippen LogP contribution in [0.15, 0.2) is 29.3 Å². The molecular formula is C21H23F2N9O8P2S3. The molecule has 2 bridgehead atoms. The first-order valence-electron chi connectivity index (χ1n) is 13.0. The lowest BCUT2D eigenvalue weighted by Crippen LogP contribution is -2.34. The number of nitrogens with two attached hydrogens (primary N) is 2. The molecule has 0 radical (unpaired) electrons. The van der Waals surface area contributed by atoms with Gasteiger partial charge in [0, 0.05) is 23.5 Å². The number of aromatic nitrogens is 7. The maximum atomic E-state index is 16.1. The van der Waals surface area contributed by atoms with E-state index in [0.29, 0.717) is 16.7 Å². The molecule has 3 saturated heterocycles. The Kier molecular flexibility index (Phi) is 8.02. The van der Waals surface area contributed by atoms with Crippen LogP contribution in [0.4, 0.5) is 20.4 Å². The van der Waals surface area contributed by atoms with Gasteiger partial charge in [-0.15, -0.1) is 16.9 Å². The Balaban J connectivity index is 1.21.